The molecule has 2 aromatic heterocycles. The Morgan fingerprint density at radius 2 is 1.82 bits per heavy atom. The van der Waals surface area contributed by atoms with Crippen LogP contribution < -0.4 is 11.3 Å². The number of fused-ring (bicyclic) bond motifs is 7. The number of aliphatic hydroxyl groups excluding tert-OH is 4. The van der Waals surface area contributed by atoms with E-state index in [1.54, 1.807) is 16.7 Å². The topological polar surface area (TPSA) is 189 Å². The van der Waals surface area contributed by atoms with Crippen LogP contribution in [0.1, 0.15) is 29.9 Å². The van der Waals surface area contributed by atoms with E-state index in [9.17, 15) is 25.2 Å². The summed E-state index contributed by atoms with van der Waals surface area (Å²) in [5.74, 6) is -0.0613. The summed E-state index contributed by atoms with van der Waals surface area (Å²) >= 11 is 0. The van der Waals surface area contributed by atoms with Gasteiger partial charge in [0.05, 0.1) is 19.0 Å². The predicted molar refractivity (Wildman–Crippen MR) is 161 cm³/mol. The third-order valence-electron chi connectivity index (χ3n) is 8.98. The Balaban J connectivity index is 1.04. The van der Waals surface area contributed by atoms with Crippen LogP contribution in [0.15, 0.2) is 77.4 Å². The summed E-state index contributed by atoms with van der Waals surface area (Å²) in [4.78, 5) is 22.8. The highest BCUT2D eigenvalue weighted by molar-refractivity contribution is 6.10. The first kappa shape index (κ1) is 27.1. The number of rotatable bonds is 4. The fraction of sp³-hybridized carbons (Fsp3) is 0.281. The van der Waals surface area contributed by atoms with Crippen molar-refractivity contribution in [2.24, 2.45) is 0 Å². The van der Waals surface area contributed by atoms with E-state index in [0.29, 0.717) is 11.1 Å². The molecule has 12 heteroatoms. The molecule has 0 unspecified atom stereocenters. The molecule has 1 aliphatic heterocycles. The summed E-state index contributed by atoms with van der Waals surface area (Å²) in [6, 6.07) is 15.9. The first-order valence-corrected chi connectivity index (χ1v) is 14.4. The number of aromatic amines is 1. The molecule has 3 heterocycles. The van der Waals surface area contributed by atoms with Crippen molar-refractivity contribution in [2.75, 3.05) is 12.3 Å². The fourth-order valence-corrected chi connectivity index (χ4v) is 6.84. The zero-order valence-corrected chi connectivity index (χ0v) is 23.2. The normalized spacial score (nSPS) is 28.2. The molecular weight excluding hydrogens is 566 g/mol. The molecule has 0 saturated carbocycles. The molecule has 5 aromatic rings. The molecule has 7 N–H and O–H groups in total. The monoisotopic (exact) mass is 595 g/mol. The Morgan fingerprint density at radius 3 is 2.68 bits per heavy atom. The van der Waals surface area contributed by atoms with Gasteiger partial charge in [0.15, 0.2) is 11.2 Å². The van der Waals surface area contributed by atoms with Gasteiger partial charge in [0, 0.05) is 12.0 Å². The Labute approximate surface area is 249 Å². The molecule has 7 atom stereocenters. The molecule has 1 saturated heterocycles. The molecule has 0 bridgehead atoms. The molecule has 44 heavy (non-hydrogen) atoms. The Hall–Kier alpha value is -4.43. The first-order chi connectivity index (χ1) is 21.3. The lowest BCUT2D eigenvalue weighted by Gasteiger charge is -2.38. The van der Waals surface area contributed by atoms with Crippen LogP contribution in [-0.4, -0.2) is 77.1 Å². The van der Waals surface area contributed by atoms with E-state index in [-0.39, 0.29) is 35.7 Å². The van der Waals surface area contributed by atoms with E-state index in [2.05, 4.69) is 15.0 Å². The second-order valence-corrected chi connectivity index (χ2v) is 11.5. The average molecular weight is 596 g/mol. The third kappa shape index (κ3) is 4.04. The molecule has 3 aromatic carbocycles. The molecule has 1 fully saturated rings. The number of nitrogens with one attached hydrogen (secondary N) is 1. The smallest absolute Gasteiger partial charge is 0.280 e. The van der Waals surface area contributed by atoms with Crippen molar-refractivity contribution in [3.8, 4) is 0 Å². The molecule has 224 valence electrons. The zero-order chi connectivity index (χ0) is 30.3. The first-order valence-electron chi connectivity index (χ1n) is 14.4. The number of imidazole rings is 1. The molecule has 2 aliphatic carbocycles. The number of H-pyrrole nitrogens is 1. The van der Waals surface area contributed by atoms with Crippen LogP contribution in [0.2, 0.25) is 0 Å². The Kier molecular flexibility index (Phi) is 6.20. The molecule has 8 rings (SSSR count). The SMILES string of the molecule is Nc1nc2c(ncn2[C@H]2C[C@H](O)[C@@H](CO[C@H]3C=CC4=C([C@@H](O)[C@@H](O)c5c4ccc4c5ccc5ccccc54)[C@@H]3O)O2)c(=O)[nH]1. The van der Waals surface area contributed by atoms with Crippen LogP contribution in [-0.2, 0) is 9.47 Å². The molecule has 0 radical (unpaired) electrons. The molecule has 12 nitrogen and oxygen atoms in total. The number of nitrogens with zero attached hydrogens (tertiary/aromatic N) is 3. The summed E-state index contributed by atoms with van der Waals surface area (Å²) < 4.78 is 13.6. The summed E-state index contributed by atoms with van der Waals surface area (Å²) in [6.07, 6.45) is -1.92. The number of nitrogen functional groups attached to an aromatic ring is 1. The molecular formula is C32H29N5O7. The van der Waals surface area contributed by atoms with E-state index in [1.165, 1.54) is 6.33 Å². The van der Waals surface area contributed by atoms with E-state index in [0.717, 1.165) is 27.1 Å². The summed E-state index contributed by atoms with van der Waals surface area (Å²) in [7, 11) is 0. The summed E-state index contributed by atoms with van der Waals surface area (Å²) in [5.41, 5.74) is 7.85. The Bertz CT molecular complexity index is 2080. The van der Waals surface area contributed by atoms with Crippen molar-refractivity contribution in [1.29, 1.82) is 0 Å². The van der Waals surface area contributed by atoms with Gasteiger partial charge in [0.1, 0.15) is 36.7 Å². The lowest BCUT2D eigenvalue weighted by atomic mass is 9.74. The highest BCUT2D eigenvalue weighted by Crippen LogP contribution is 2.46. The van der Waals surface area contributed by atoms with Crippen LogP contribution >= 0.6 is 0 Å². The van der Waals surface area contributed by atoms with Crippen LogP contribution in [0.25, 0.3) is 38.3 Å². The minimum Gasteiger partial charge on any atom is -0.390 e. The van der Waals surface area contributed by atoms with Crippen molar-refractivity contribution in [3.05, 3.63) is 94.1 Å². The maximum absolute atomic E-state index is 12.2. The van der Waals surface area contributed by atoms with Gasteiger partial charge >= 0.3 is 0 Å². The predicted octanol–water partition coefficient (Wildman–Crippen LogP) is 1.83. The standard InChI is InChI=1S/C32H29N5O7/c33-32-35-30-26(31(42)36-32)34-13-37(30)23-11-20(38)22(44-23)12-43-21-10-9-19-18-8-7-16-15-4-2-1-3-14(15)5-6-17(16)24(18)28(40)29(41)25(19)27(21)39/h1-10,13,20-23,27-29,38-41H,11-12H2,(H3,33,35,36,42)/t20-,21-,22+,23+,27+,28-,29+/m0/s1. The number of allylic oxidation sites excluding steroid dienone is 2. The highest BCUT2D eigenvalue weighted by Gasteiger charge is 2.42. The van der Waals surface area contributed by atoms with Crippen molar-refractivity contribution >= 4 is 44.2 Å². The lowest BCUT2D eigenvalue weighted by Crippen LogP contribution is -2.42. The number of aliphatic hydroxyl groups is 4. The van der Waals surface area contributed by atoms with Crippen molar-refractivity contribution < 1.29 is 29.9 Å². The van der Waals surface area contributed by atoms with Gasteiger partial charge in [-0.25, -0.2) is 4.98 Å². The maximum atomic E-state index is 12.2. The van der Waals surface area contributed by atoms with Crippen molar-refractivity contribution in [2.45, 2.75) is 49.3 Å². The van der Waals surface area contributed by atoms with Crippen LogP contribution in [0, 0.1) is 0 Å². The average Bonchev–Trinajstić information content (AvgIpc) is 3.61. The van der Waals surface area contributed by atoms with E-state index < -0.39 is 48.4 Å². The number of hydrogen-bond acceptors (Lipinski definition) is 10. The summed E-state index contributed by atoms with van der Waals surface area (Å²) in [5, 5.41) is 48.7. The molecule has 3 aliphatic rings. The van der Waals surface area contributed by atoms with Gasteiger partial charge in [-0.05, 0) is 38.2 Å². The quantitative estimate of drug-likeness (QED) is 0.167. The Morgan fingerprint density at radius 1 is 1.00 bits per heavy atom. The van der Waals surface area contributed by atoms with Gasteiger partial charge in [-0.1, -0.05) is 60.7 Å². The third-order valence-corrected chi connectivity index (χ3v) is 8.98. The van der Waals surface area contributed by atoms with Crippen molar-refractivity contribution in [3.63, 3.8) is 0 Å². The van der Waals surface area contributed by atoms with Gasteiger partial charge in [-0.15, -0.1) is 0 Å². The number of benzene rings is 3. The van der Waals surface area contributed by atoms with Crippen LogP contribution in [0.5, 0.6) is 0 Å². The van der Waals surface area contributed by atoms with E-state index in [4.69, 9.17) is 15.2 Å². The minimum atomic E-state index is -1.35. The van der Waals surface area contributed by atoms with E-state index in [1.807, 2.05) is 48.5 Å². The largest absolute Gasteiger partial charge is 0.390 e. The molecule has 0 amide bonds. The number of hydrogen-bond donors (Lipinski definition) is 6. The summed E-state index contributed by atoms with van der Waals surface area (Å²) in [6.45, 7) is -0.0674. The number of anilines is 1. The second-order valence-electron chi connectivity index (χ2n) is 11.5. The van der Waals surface area contributed by atoms with Gasteiger partial charge in [-0.2, -0.15) is 4.98 Å². The van der Waals surface area contributed by atoms with Gasteiger partial charge in [-0.3, -0.25) is 14.3 Å². The van der Waals surface area contributed by atoms with Gasteiger partial charge < -0.3 is 35.6 Å². The minimum absolute atomic E-state index is 0.0613. The number of ether oxygens (including phenoxy) is 2. The van der Waals surface area contributed by atoms with Crippen LogP contribution in [0.4, 0.5) is 5.95 Å². The second kappa shape index (κ2) is 10.1. The van der Waals surface area contributed by atoms with Gasteiger partial charge in [0.2, 0.25) is 5.95 Å². The number of aromatic nitrogens is 4. The molecule has 0 spiro atoms. The zero-order valence-electron chi connectivity index (χ0n) is 23.2. The highest BCUT2D eigenvalue weighted by atomic mass is 16.6. The van der Waals surface area contributed by atoms with Crippen molar-refractivity contribution in [1.82, 2.24) is 19.5 Å². The maximum Gasteiger partial charge on any atom is 0.280 e. The van der Waals surface area contributed by atoms with Gasteiger partial charge in [0.25, 0.3) is 5.56 Å². The van der Waals surface area contributed by atoms with Crippen LogP contribution in [0.3, 0.4) is 0 Å². The lowest BCUT2D eigenvalue weighted by molar-refractivity contribution is -0.0901. The van der Waals surface area contributed by atoms with E-state index >= 15 is 0 Å². The fourth-order valence-electron chi connectivity index (χ4n) is 6.84. The number of nitrogens with two attached hydrogens (primary N) is 1.